The first-order valence-electron chi connectivity index (χ1n) is 7.20. The van der Waals surface area contributed by atoms with Crippen LogP contribution in [0.4, 0.5) is 0 Å². The molecule has 0 N–H and O–H groups in total. The summed E-state index contributed by atoms with van der Waals surface area (Å²) in [6, 6.07) is 0. The van der Waals surface area contributed by atoms with Crippen molar-refractivity contribution >= 4 is 5.97 Å². The molecule has 0 aliphatic rings. The van der Waals surface area contributed by atoms with Crippen LogP contribution >= 0.6 is 0 Å². The molecule has 0 aromatic carbocycles. The smallest absolute Gasteiger partial charge is 0.360 e. The molecule has 0 amide bonds. The van der Waals surface area contributed by atoms with Gasteiger partial charge in [-0.3, -0.25) is 0 Å². The van der Waals surface area contributed by atoms with Gasteiger partial charge in [-0.2, -0.15) is 0 Å². The van der Waals surface area contributed by atoms with Gasteiger partial charge in [-0.1, -0.05) is 19.1 Å². The molecule has 120 valence electrons. The van der Waals surface area contributed by atoms with Gasteiger partial charge in [-0.05, 0) is 19.3 Å². The molecule has 21 heavy (non-hydrogen) atoms. The Morgan fingerprint density at radius 1 is 1.29 bits per heavy atom. The molecule has 0 saturated carbocycles. The molecule has 7 nitrogen and oxygen atoms in total. The van der Waals surface area contributed by atoms with Crippen molar-refractivity contribution in [3.8, 4) is 0 Å². The molecule has 0 aliphatic carbocycles. The third kappa shape index (κ3) is 6.22. The average molecular weight is 299 g/mol. The Hall–Kier alpha value is -1.47. The lowest BCUT2D eigenvalue weighted by Gasteiger charge is -2.07. The summed E-state index contributed by atoms with van der Waals surface area (Å²) >= 11 is 0. The van der Waals surface area contributed by atoms with Crippen molar-refractivity contribution < 1.29 is 19.0 Å². The van der Waals surface area contributed by atoms with Gasteiger partial charge >= 0.3 is 5.97 Å². The minimum atomic E-state index is -0.423. The van der Waals surface area contributed by atoms with Crippen LogP contribution in [0.3, 0.4) is 0 Å². The van der Waals surface area contributed by atoms with Crippen molar-refractivity contribution in [3.63, 3.8) is 0 Å². The van der Waals surface area contributed by atoms with Crippen LogP contribution in [-0.4, -0.2) is 54.5 Å². The van der Waals surface area contributed by atoms with E-state index in [9.17, 15) is 4.79 Å². The molecule has 0 bridgehead atoms. The van der Waals surface area contributed by atoms with Crippen LogP contribution in [0.5, 0.6) is 0 Å². The van der Waals surface area contributed by atoms with Gasteiger partial charge in [0.1, 0.15) is 0 Å². The molecule has 0 saturated heterocycles. The molecule has 0 fully saturated rings. The predicted molar refractivity (Wildman–Crippen MR) is 77.2 cm³/mol. The number of esters is 1. The van der Waals surface area contributed by atoms with Crippen LogP contribution in [0.15, 0.2) is 0 Å². The fraction of sp³-hybridized carbons (Fsp3) is 0.786. The first-order chi connectivity index (χ1) is 10.1. The zero-order valence-corrected chi connectivity index (χ0v) is 13.3. The highest BCUT2D eigenvalue weighted by molar-refractivity contribution is 5.88. The van der Waals surface area contributed by atoms with E-state index in [-0.39, 0.29) is 5.69 Å². The summed E-state index contributed by atoms with van der Waals surface area (Å²) < 4.78 is 17.2. The molecule has 0 radical (unpaired) electrons. The Labute approximate surface area is 125 Å². The summed E-state index contributed by atoms with van der Waals surface area (Å²) in [5, 5.41) is 7.84. The summed E-state index contributed by atoms with van der Waals surface area (Å²) in [6.07, 6.45) is 0.861. The highest BCUT2D eigenvalue weighted by atomic mass is 16.5. The third-order valence-corrected chi connectivity index (χ3v) is 2.81. The number of carbonyl (C=O) groups excluding carboxylic acids is 1. The SMILES string of the molecule is COCCCOCCn1nnc(C(=O)OCC(C)C)c1C. The van der Waals surface area contributed by atoms with Crippen molar-refractivity contribution in [2.75, 3.05) is 33.5 Å². The number of hydrogen-bond donors (Lipinski definition) is 0. The first kappa shape index (κ1) is 17.6. The van der Waals surface area contributed by atoms with Gasteiger partial charge < -0.3 is 14.2 Å². The summed E-state index contributed by atoms with van der Waals surface area (Å²) in [6.45, 7) is 8.57. The molecular formula is C14H25N3O4. The maximum Gasteiger partial charge on any atom is 0.360 e. The minimum Gasteiger partial charge on any atom is -0.461 e. The van der Waals surface area contributed by atoms with E-state index in [0.29, 0.717) is 44.6 Å². The first-order valence-corrected chi connectivity index (χ1v) is 7.20. The molecule has 1 rings (SSSR count). The van der Waals surface area contributed by atoms with Crippen LogP contribution in [0.25, 0.3) is 0 Å². The number of carbonyl (C=O) groups is 1. The van der Waals surface area contributed by atoms with Crippen LogP contribution in [0, 0.1) is 12.8 Å². The van der Waals surface area contributed by atoms with Gasteiger partial charge in [0.05, 0.1) is 25.5 Å². The Bertz CT molecular complexity index is 432. The van der Waals surface area contributed by atoms with E-state index in [4.69, 9.17) is 14.2 Å². The van der Waals surface area contributed by atoms with Gasteiger partial charge in [0.15, 0.2) is 5.69 Å². The van der Waals surface area contributed by atoms with Gasteiger partial charge in [-0.25, -0.2) is 9.48 Å². The van der Waals surface area contributed by atoms with Crippen molar-refractivity contribution in [1.82, 2.24) is 15.0 Å². The molecule has 0 atom stereocenters. The average Bonchev–Trinajstić information content (AvgIpc) is 2.81. The van der Waals surface area contributed by atoms with E-state index in [1.807, 2.05) is 13.8 Å². The molecule has 0 unspecified atom stereocenters. The molecule has 7 heteroatoms. The summed E-state index contributed by atoms with van der Waals surface area (Å²) in [4.78, 5) is 11.8. The molecule has 1 heterocycles. The molecular weight excluding hydrogens is 274 g/mol. The zero-order chi connectivity index (χ0) is 15.7. The fourth-order valence-corrected chi connectivity index (χ4v) is 1.63. The second-order valence-corrected chi connectivity index (χ2v) is 5.20. The number of methoxy groups -OCH3 is 1. The maximum atomic E-state index is 11.8. The quantitative estimate of drug-likeness (QED) is 0.481. The Kier molecular flexibility index (Phi) is 7.92. The Balaban J connectivity index is 2.38. The van der Waals surface area contributed by atoms with Gasteiger partial charge in [0.25, 0.3) is 0 Å². The van der Waals surface area contributed by atoms with Crippen LogP contribution < -0.4 is 0 Å². The van der Waals surface area contributed by atoms with E-state index < -0.39 is 5.97 Å². The zero-order valence-electron chi connectivity index (χ0n) is 13.3. The van der Waals surface area contributed by atoms with Gasteiger partial charge in [-0.15, -0.1) is 5.10 Å². The molecule has 0 spiro atoms. The monoisotopic (exact) mass is 299 g/mol. The van der Waals surface area contributed by atoms with Crippen molar-refractivity contribution in [2.24, 2.45) is 5.92 Å². The molecule has 1 aromatic rings. The number of ether oxygens (including phenoxy) is 3. The molecule has 1 aromatic heterocycles. The van der Waals surface area contributed by atoms with Crippen LogP contribution in [-0.2, 0) is 20.8 Å². The van der Waals surface area contributed by atoms with E-state index in [0.717, 1.165) is 6.42 Å². The van der Waals surface area contributed by atoms with Crippen molar-refractivity contribution in [3.05, 3.63) is 11.4 Å². The minimum absolute atomic E-state index is 0.273. The Morgan fingerprint density at radius 2 is 2.05 bits per heavy atom. The topological polar surface area (TPSA) is 75.5 Å². The van der Waals surface area contributed by atoms with Crippen LogP contribution in [0.2, 0.25) is 0 Å². The maximum absolute atomic E-state index is 11.8. The van der Waals surface area contributed by atoms with Crippen molar-refractivity contribution in [2.45, 2.75) is 33.7 Å². The summed E-state index contributed by atoms with van der Waals surface area (Å²) in [5.74, 6) is -0.127. The normalized spacial score (nSPS) is 11.1. The highest BCUT2D eigenvalue weighted by Gasteiger charge is 2.18. The van der Waals surface area contributed by atoms with E-state index in [1.165, 1.54) is 0 Å². The lowest BCUT2D eigenvalue weighted by Crippen LogP contribution is -2.13. The van der Waals surface area contributed by atoms with E-state index >= 15 is 0 Å². The van der Waals surface area contributed by atoms with Gasteiger partial charge in [0, 0.05) is 20.3 Å². The lowest BCUT2D eigenvalue weighted by molar-refractivity contribution is 0.0451. The third-order valence-electron chi connectivity index (χ3n) is 2.81. The Morgan fingerprint density at radius 3 is 2.71 bits per heavy atom. The molecule has 0 aliphatic heterocycles. The predicted octanol–water partition coefficient (Wildman–Crippen LogP) is 1.45. The summed E-state index contributed by atoms with van der Waals surface area (Å²) in [7, 11) is 1.67. The largest absolute Gasteiger partial charge is 0.461 e. The number of hydrogen-bond acceptors (Lipinski definition) is 6. The highest BCUT2D eigenvalue weighted by Crippen LogP contribution is 2.07. The number of nitrogens with zero attached hydrogens (tertiary/aromatic N) is 3. The lowest BCUT2D eigenvalue weighted by atomic mass is 10.2. The fourth-order valence-electron chi connectivity index (χ4n) is 1.63. The number of rotatable bonds is 10. The van der Waals surface area contributed by atoms with Crippen LogP contribution in [0.1, 0.15) is 36.5 Å². The van der Waals surface area contributed by atoms with Gasteiger partial charge in [0.2, 0.25) is 0 Å². The van der Waals surface area contributed by atoms with Crippen molar-refractivity contribution in [1.29, 1.82) is 0 Å². The number of aromatic nitrogens is 3. The van der Waals surface area contributed by atoms with E-state index in [1.54, 1.807) is 18.7 Å². The van der Waals surface area contributed by atoms with E-state index in [2.05, 4.69) is 10.3 Å². The standard InChI is InChI=1S/C14H25N3O4/c1-11(2)10-21-14(18)13-12(3)17(16-15-13)6-9-20-8-5-7-19-4/h11H,5-10H2,1-4H3. The summed E-state index contributed by atoms with van der Waals surface area (Å²) in [5.41, 5.74) is 0.972. The second kappa shape index (κ2) is 9.46. The second-order valence-electron chi connectivity index (χ2n) is 5.20.